The Morgan fingerprint density at radius 3 is 1.42 bits per heavy atom. The number of hydrogen-bond acceptors (Lipinski definition) is 16. The van der Waals surface area contributed by atoms with E-state index >= 15 is 0 Å². The fourth-order valence-corrected chi connectivity index (χ4v) is 18.3. The highest BCUT2D eigenvalue weighted by Crippen LogP contribution is 2.39. The quantitative estimate of drug-likeness (QED) is 0.0355. The number of ether oxygens (including phenoxy) is 3. The van der Waals surface area contributed by atoms with Crippen molar-refractivity contribution in [3.05, 3.63) is 436 Å². The van der Waals surface area contributed by atoms with Crippen LogP contribution in [0.2, 0.25) is 15.1 Å². The predicted molar refractivity (Wildman–Crippen MR) is 539 cm³/mol. The number of amides is 2. The first-order chi connectivity index (χ1) is 63.8. The minimum absolute atomic E-state index is 0.0113. The molecular weight excluding hydrogens is 1840 g/mol. The van der Waals surface area contributed by atoms with Crippen LogP contribution in [-0.4, -0.2) is 43.9 Å². The normalized spacial score (nSPS) is 10.8. The second kappa shape index (κ2) is 47.6. The number of anilines is 2. The molecular formula is C107H87Cl3F3N5O8S6. The topological polar surface area (TPSA) is 182 Å². The summed E-state index contributed by atoms with van der Waals surface area (Å²) in [7, 11) is 0. The smallest absolute Gasteiger partial charge is 0.416 e. The summed E-state index contributed by atoms with van der Waals surface area (Å²) in [6.07, 6.45) is -0.883. The van der Waals surface area contributed by atoms with Crippen LogP contribution in [0.1, 0.15) is 117 Å². The van der Waals surface area contributed by atoms with E-state index in [0.717, 1.165) is 77.7 Å². The maximum atomic E-state index is 12.8. The van der Waals surface area contributed by atoms with Gasteiger partial charge in [0.25, 0.3) is 11.8 Å². The lowest BCUT2D eigenvalue weighted by Crippen LogP contribution is -2.09. The average Bonchev–Trinajstić information content (AvgIpc) is 1.76. The Morgan fingerprint density at radius 1 is 0.432 bits per heavy atom. The van der Waals surface area contributed by atoms with Gasteiger partial charge in [-0.1, -0.05) is 214 Å². The van der Waals surface area contributed by atoms with Crippen molar-refractivity contribution < 1.29 is 51.7 Å². The number of benzene rings is 10. The number of halogens is 6. The van der Waals surface area contributed by atoms with E-state index in [1.807, 2.05) is 152 Å². The summed E-state index contributed by atoms with van der Waals surface area (Å²) >= 11 is 26.8. The molecule has 0 aliphatic carbocycles. The van der Waals surface area contributed by atoms with Gasteiger partial charge < -0.3 is 30.0 Å². The van der Waals surface area contributed by atoms with E-state index in [-0.39, 0.29) is 29.3 Å². The number of pyridine rings is 1. The fraction of sp³-hybridized carbons (Fsp3) is 0.103. The van der Waals surface area contributed by atoms with Crippen LogP contribution >= 0.6 is 103 Å². The highest BCUT2D eigenvalue weighted by atomic mass is 35.5. The Labute approximate surface area is 803 Å². The van der Waals surface area contributed by atoms with E-state index in [1.165, 1.54) is 76.1 Å². The van der Waals surface area contributed by atoms with Crippen LogP contribution in [0, 0.1) is 6.92 Å². The number of aromatic nitrogens is 3. The number of phenolic OH excluding ortho intramolecular Hbond substituents is 1. The van der Waals surface area contributed by atoms with Gasteiger partial charge in [-0.05, 0) is 263 Å². The molecule has 0 saturated heterocycles. The average molecular weight is 1930 g/mol. The molecule has 0 saturated carbocycles. The maximum Gasteiger partial charge on any atom is 0.416 e. The first kappa shape index (κ1) is 96.5. The van der Waals surface area contributed by atoms with Gasteiger partial charge in [0.2, 0.25) is 0 Å². The van der Waals surface area contributed by atoms with Crippen molar-refractivity contribution in [3.63, 3.8) is 0 Å². The van der Waals surface area contributed by atoms with Crippen molar-refractivity contribution in [2.75, 3.05) is 10.6 Å². The Morgan fingerprint density at radius 2 is 0.902 bits per heavy atom. The predicted octanol–water partition coefficient (Wildman–Crippen LogP) is 32.2. The Balaban J connectivity index is 0.000000135. The number of nitrogens with zero attached hydrogens (tertiary/aromatic N) is 2. The molecule has 0 bridgehead atoms. The molecule has 8 heterocycles. The van der Waals surface area contributed by atoms with Crippen LogP contribution in [0.4, 0.5) is 24.5 Å². The van der Waals surface area contributed by atoms with Gasteiger partial charge in [-0.25, -0.2) is 4.79 Å². The molecule has 0 radical (unpaired) electrons. The number of H-pyrrole nitrogens is 1. The number of nitrogens with one attached hydrogen (secondary N) is 3. The van der Waals surface area contributed by atoms with Crippen molar-refractivity contribution in [1.29, 1.82) is 0 Å². The van der Waals surface area contributed by atoms with E-state index in [1.54, 1.807) is 156 Å². The minimum atomic E-state index is -4.40. The number of alkyl halides is 3. The number of aromatic amines is 1. The van der Waals surface area contributed by atoms with Crippen molar-refractivity contribution in [3.8, 4) is 86.5 Å². The molecule has 18 rings (SSSR count). The molecule has 4 N–H and O–H groups in total. The van der Waals surface area contributed by atoms with Gasteiger partial charge in [0.05, 0.1) is 21.0 Å². The summed E-state index contributed by atoms with van der Waals surface area (Å²) in [5.41, 5.74) is 12.5. The first-order valence-corrected chi connectivity index (χ1v) is 47.7. The highest BCUT2D eigenvalue weighted by molar-refractivity contribution is 7.18. The molecule has 8 aromatic heterocycles. The summed E-state index contributed by atoms with van der Waals surface area (Å²) < 4.78 is 55.3. The molecule has 0 atom stereocenters. The van der Waals surface area contributed by atoms with Crippen molar-refractivity contribution in [2.45, 2.75) is 72.3 Å². The van der Waals surface area contributed by atoms with Crippen LogP contribution in [0.5, 0.6) is 23.0 Å². The third-order valence-electron chi connectivity index (χ3n) is 19.7. The molecule has 0 spiro atoms. The summed E-state index contributed by atoms with van der Waals surface area (Å²) in [4.78, 5) is 62.2. The third kappa shape index (κ3) is 29.2. The summed E-state index contributed by atoms with van der Waals surface area (Å²) in [6.45, 7) is 12.0. The van der Waals surface area contributed by atoms with Gasteiger partial charge in [0, 0.05) is 90.5 Å². The van der Waals surface area contributed by atoms with E-state index in [2.05, 4.69) is 132 Å². The molecule has 0 fully saturated rings. The molecule has 666 valence electrons. The van der Waals surface area contributed by atoms with Gasteiger partial charge in [0.15, 0.2) is 5.78 Å². The first-order valence-electron chi connectivity index (χ1n) is 41.5. The minimum Gasteiger partial charge on any atom is -0.508 e. The fourth-order valence-electron chi connectivity index (χ4n) is 12.6. The number of ketones is 1. The largest absolute Gasteiger partial charge is 0.508 e. The summed E-state index contributed by atoms with van der Waals surface area (Å²) in [6, 6.07) is 105. The summed E-state index contributed by atoms with van der Waals surface area (Å²) in [5.74, 6) is 2.77. The van der Waals surface area contributed by atoms with Crippen LogP contribution in [0.15, 0.2) is 363 Å². The Hall–Kier alpha value is -13.1. The molecule has 0 aliphatic rings. The Bertz CT molecular complexity index is 6730. The number of para-hydroxylation sites is 2. The zero-order chi connectivity index (χ0) is 92.9. The maximum absolute atomic E-state index is 12.8. The lowest BCUT2D eigenvalue weighted by molar-refractivity contribution is -0.137. The molecule has 25 heteroatoms. The van der Waals surface area contributed by atoms with Crippen molar-refractivity contribution in [2.24, 2.45) is 0 Å². The number of carbonyl (C=O) groups excluding carboxylic acids is 4. The van der Waals surface area contributed by atoms with Gasteiger partial charge in [0.1, 0.15) is 46.8 Å². The van der Waals surface area contributed by atoms with Gasteiger partial charge in [-0.2, -0.15) is 29.6 Å². The number of hydrogen-bond donors (Lipinski definition) is 4. The number of carbonyl (C=O) groups is 4. The lowest BCUT2D eigenvalue weighted by atomic mass is 10.0. The van der Waals surface area contributed by atoms with Gasteiger partial charge in [-0.15, -0.1) is 56.7 Å². The number of aromatic hydroxyl groups is 1. The highest BCUT2D eigenvalue weighted by Gasteiger charge is 2.31. The number of aryl methyl sites for hydroxylation is 1. The van der Waals surface area contributed by atoms with Crippen LogP contribution in [-0.2, 0) is 25.8 Å². The molecule has 18 aromatic rings. The van der Waals surface area contributed by atoms with Crippen LogP contribution in [0.3, 0.4) is 0 Å². The zero-order valence-corrected chi connectivity index (χ0v) is 79.0. The van der Waals surface area contributed by atoms with E-state index in [9.17, 15) is 37.5 Å². The number of rotatable bonds is 23. The van der Waals surface area contributed by atoms with Gasteiger partial charge in [-0.3, -0.25) is 24.5 Å². The lowest BCUT2D eigenvalue weighted by Gasteiger charge is -2.07. The second-order valence-electron chi connectivity index (χ2n) is 30.2. The SMILES string of the molecule is CC(C)c1ccc(-c2ccc(COc3ccccc3)s2)cc1.CC(C)c1cccc(-c2ccc(C(=O)Nc3ccc(Cl)cc3)s2)c1.Cc1ccc(CC(=O)c2cc(-c3cccc(O)c3)n[nH]2)cc1.Clc1ccc(-c2ccc(COc3ccccc3)s2)cc1.O=C(Nc1ccc(Cl)cc1)c1ccc(-c2cccc(C(F)(F)F)c2)s1.O=C(Oc1ccncc1)c1ccc(-c2ccsc2)s1. The molecule has 13 nitrogen and oxygen atoms in total. The van der Waals surface area contributed by atoms with E-state index in [4.69, 9.17) is 49.0 Å². The van der Waals surface area contributed by atoms with Crippen molar-refractivity contribution in [1.82, 2.24) is 15.2 Å². The molecule has 0 unspecified atom stereocenters. The zero-order valence-electron chi connectivity index (χ0n) is 71.8. The van der Waals surface area contributed by atoms with E-state index in [0.29, 0.717) is 89.4 Å². The number of esters is 1. The van der Waals surface area contributed by atoms with Crippen molar-refractivity contribution >= 4 is 138 Å². The molecule has 10 aromatic carbocycles. The van der Waals surface area contributed by atoms with Crippen LogP contribution < -0.4 is 24.8 Å². The van der Waals surface area contributed by atoms with Crippen LogP contribution in [0.25, 0.3) is 63.5 Å². The summed E-state index contributed by atoms with van der Waals surface area (Å²) in [5, 5.41) is 28.1. The molecule has 132 heavy (non-hydrogen) atoms. The number of phenols is 1. The monoisotopic (exact) mass is 1920 g/mol. The molecule has 0 aliphatic heterocycles. The number of Topliss-reactive ketones (excluding diaryl/α,β-unsaturated/α-hetero) is 1. The molecule has 2 amide bonds. The second-order valence-corrected chi connectivity index (χ2v) is 37.9. The standard InChI is InChI=1S/C20H18ClNOS.C20H20OS.C18H11ClF3NOS.C18H16N2O2.C17H13ClOS.C14H9NO2S2/c1-13(2)14-4-3-5-15(12-14)18-10-11-19(24-18)20(23)22-17-8-6-16(21)7-9-17;1-15(2)16-8-10-17(11-9-16)20-13-12-19(22-20)14-21-18-6-4-3-5-7-18;19-13-4-6-14(7-5-13)23-17(24)16-9-8-15(25-16)11-2-1-3-12(10-11)18(20,21)22;1-12-5-7-13(8-6-12)9-18(22)17-11-16(19-20-17)14-3-2-4-15(21)10-14;18-14-8-6-13(7-9-14)17-11-10-16(20-17)12-19-15-4-2-1-3-5-15;16-14(17-11-3-6-15-7-4-11)13-2-1-12(19-13)10-5-8-18-9-10/h3-13H,1-2H3,(H,22,23);3-13,15H,14H2,1-2H3;1-10H,(H,23,24);2-8,10-11,21H,9H2,1H3,(H,19,20);1-11H,12H2;1-9H. The Kier molecular flexibility index (Phi) is 34.8. The van der Waals surface area contributed by atoms with Gasteiger partial charge >= 0.3 is 12.1 Å². The van der Waals surface area contributed by atoms with E-state index < -0.39 is 11.7 Å². The third-order valence-corrected chi connectivity index (χ3v) is 26.8. The number of thiophene rings is 6.